The predicted molar refractivity (Wildman–Crippen MR) is 56.7 cm³/mol. The van der Waals surface area contributed by atoms with Gasteiger partial charge in [0.2, 0.25) is 0 Å². The van der Waals surface area contributed by atoms with Gasteiger partial charge in [-0.2, -0.15) is 13.2 Å². The molecule has 100 valence electrons. The summed E-state index contributed by atoms with van der Waals surface area (Å²) < 4.78 is 42.2. The minimum absolute atomic E-state index is 0.129. The topological polar surface area (TPSA) is 29.5 Å². The van der Waals surface area contributed by atoms with Crippen LogP contribution in [0.2, 0.25) is 0 Å². The largest absolute Gasteiger partial charge is 0.401 e. The van der Waals surface area contributed by atoms with E-state index in [1.165, 1.54) is 4.90 Å². The molecule has 0 saturated carbocycles. The highest BCUT2D eigenvalue weighted by molar-refractivity contribution is 5.60. The van der Waals surface area contributed by atoms with Crippen molar-refractivity contribution in [2.24, 2.45) is 5.41 Å². The minimum atomic E-state index is -4.22. The zero-order valence-corrected chi connectivity index (χ0v) is 9.92. The van der Waals surface area contributed by atoms with Crippen molar-refractivity contribution in [3.63, 3.8) is 0 Å². The Morgan fingerprint density at radius 2 is 2.18 bits per heavy atom. The Labute approximate surface area is 98.9 Å². The molecule has 1 aliphatic rings. The first-order valence-electron chi connectivity index (χ1n) is 5.74. The number of nitrogens with zero attached hydrogens (tertiary/aromatic N) is 1. The molecule has 0 radical (unpaired) electrons. The van der Waals surface area contributed by atoms with Crippen LogP contribution in [0, 0.1) is 5.41 Å². The van der Waals surface area contributed by atoms with Crippen molar-refractivity contribution >= 4 is 6.29 Å². The van der Waals surface area contributed by atoms with Crippen LogP contribution in [0.1, 0.15) is 19.8 Å². The van der Waals surface area contributed by atoms with Crippen molar-refractivity contribution in [3.05, 3.63) is 0 Å². The van der Waals surface area contributed by atoms with Gasteiger partial charge >= 0.3 is 6.18 Å². The average molecular weight is 253 g/mol. The Morgan fingerprint density at radius 1 is 1.47 bits per heavy atom. The quantitative estimate of drug-likeness (QED) is 0.677. The smallest absolute Gasteiger partial charge is 0.380 e. The van der Waals surface area contributed by atoms with Crippen LogP contribution < -0.4 is 0 Å². The van der Waals surface area contributed by atoms with E-state index < -0.39 is 18.1 Å². The molecule has 1 atom stereocenters. The molecule has 0 aliphatic carbocycles. The molecule has 0 amide bonds. The minimum Gasteiger partial charge on any atom is -0.380 e. The average Bonchev–Trinajstić information content (AvgIpc) is 2.65. The van der Waals surface area contributed by atoms with Crippen molar-refractivity contribution < 1.29 is 22.7 Å². The summed E-state index contributed by atoms with van der Waals surface area (Å²) in [5.74, 6) is 0. The van der Waals surface area contributed by atoms with Crippen LogP contribution in [0.15, 0.2) is 0 Å². The second kappa shape index (κ2) is 5.82. The fourth-order valence-corrected chi connectivity index (χ4v) is 2.11. The molecule has 1 unspecified atom stereocenters. The van der Waals surface area contributed by atoms with E-state index in [9.17, 15) is 18.0 Å². The second-order valence-corrected chi connectivity index (χ2v) is 4.61. The number of hydrogen-bond acceptors (Lipinski definition) is 3. The highest BCUT2D eigenvalue weighted by atomic mass is 19.4. The number of carbonyl (C=O) groups excluding carboxylic acids is 1. The summed E-state index contributed by atoms with van der Waals surface area (Å²) in [6, 6.07) is 0. The first-order valence-corrected chi connectivity index (χ1v) is 5.74. The number of ether oxygens (including phenoxy) is 1. The van der Waals surface area contributed by atoms with E-state index in [1.54, 1.807) is 0 Å². The van der Waals surface area contributed by atoms with Gasteiger partial charge in [0.05, 0.1) is 18.6 Å². The second-order valence-electron chi connectivity index (χ2n) is 4.61. The van der Waals surface area contributed by atoms with Gasteiger partial charge in [0, 0.05) is 13.2 Å². The van der Waals surface area contributed by atoms with E-state index in [0.29, 0.717) is 26.0 Å². The highest BCUT2D eigenvalue weighted by Crippen LogP contribution is 2.28. The van der Waals surface area contributed by atoms with Crippen LogP contribution >= 0.6 is 0 Å². The normalized spacial score (nSPS) is 25.5. The van der Waals surface area contributed by atoms with E-state index in [1.807, 2.05) is 6.92 Å². The summed E-state index contributed by atoms with van der Waals surface area (Å²) in [6.07, 6.45) is -2.34. The van der Waals surface area contributed by atoms with Gasteiger partial charge in [0.1, 0.15) is 6.29 Å². The summed E-state index contributed by atoms with van der Waals surface area (Å²) in [5, 5.41) is 0. The van der Waals surface area contributed by atoms with Gasteiger partial charge in [0.25, 0.3) is 0 Å². The van der Waals surface area contributed by atoms with Crippen LogP contribution in [0.4, 0.5) is 13.2 Å². The van der Waals surface area contributed by atoms with E-state index in [-0.39, 0.29) is 13.2 Å². The van der Waals surface area contributed by atoms with E-state index in [0.717, 1.165) is 6.29 Å². The molecule has 1 rings (SSSR count). The molecule has 1 heterocycles. The van der Waals surface area contributed by atoms with Crippen molar-refractivity contribution in [1.82, 2.24) is 4.90 Å². The Morgan fingerprint density at radius 3 is 2.59 bits per heavy atom. The van der Waals surface area contributed by atoms with Gasteiger partial charge in [-0.15, -0.1) is 0 Å². The lowest BCUT2D eigenvalue weighted by atomic mass is 9.88. The summed E-state index contributed by atoms with van der Waals surface area (Å²) in [4.78, 5) is 12.3. The molecule has 0 bridgehead atoms. The third kappa shape index (κ3) is 4.63. The van der Waals surface area contributed by atoms with Crippen molar-refractivity contribution in [2.45, 2.75) is 25.9 Å². The summed E-state index contributed by atoms with van der Waals surface area (Å²) in [7, 11) is 0. The molecule has 17 heavy (non-hydrogen) atoms. The first-order chi connectivity index (χ1) is 7.91. The third-order valence-electron chi connectivity index (χ3n) is 2.87. The number of rotatable bonds is 6. The number of halogens is 3. The highest BCUT2D eigenvalue weighted by Gasteiger charge is 2.39. The van der Waals surface area contributed by atoms with E-state index in [4.69, 9.17) is 4.74 Å². The van der Waals surface area contributed by atoms with Gasteiger partial charge in [-0.1, -0.05) is 6.92 Å². The zero-order valence-electron chi connectivity index (χ0n) is 9.92. The molecule has 1 fully saturated rings. The van der Waals surface area contributed by atoms with E-state index >= 15 is 0 Å². The summed E-state index contributed by atoms with van der Waals surface area (Å²) in [5.41, 5.74) is -0.750. The molecular weight excluding hydrogens is 235 g/mol. The molecule has 0 spiro atoms. The van der Waals surface area contributed by atoms with Crippen LogP contribution in [0.5, 0.6) is 0 Å². The predicted octanol–water partition coefficient (Wildman–Crippen LogP) is 1.87. The number of carbonyl (C=O) groups is 1. The van der Waals surface area contributed by atoms with Crippen molar-refractivity contribution in [3.8, 4) is 0 Å². The SMILES string of the molecule is CCCN(CC(F)(F)F)CC1(C=O)CCOC1. The van der Waals surface area contributed by atoms with Gasteiger partial charge < -0.3 is 9.53 Å². The molecular formula is C11H18F3NO2. The van der Waals surface area contributed by atoms with Crippen LogP contribution in [-0.4, -0.2) is 50.2 Å². The first kappa shape index (κ1) is 14.4. The Kier molecular flexibility index (Phi) is 4.94. The van der Waals surface area contributed by atoms with Gasteiger partial charge in [-0.05, 0) is 19.4 Å². The fourth-order valence-electron chi connectivity index (χ4n) is 2.11. The molecule has 0 N–H and O–H groups in total. The standard InChI is InChI=1S/C11H18F3NO2/c1-2-4-15(7-11(12,13)14)6-10(8-16)3-5-17-9-10/h8H,2-7,9H2,1H3. The molecule has 1 saturated heterocycles. The number of hydrogen-bond donors (Lipinski definition) is 0. The Bertz CT molecular complexity index is 250. The fraction of sp³-hybridized carbons (Fsp3) is 0.909. The molecule has 0 aromatic rings. The molecule has 6 heteroatoms. The zero-order chi connectivity index (χ0) is 12.9. The molecule has 0 aromatic carbocycles. The number of aldehydes is 1. The third-order valence-corrected chi connectivity index (χ3v) is 2.87. The number of alkyl halides is 3. The maximum absolute atomic E-state index is 12.4. The van der Waals surface area contributed by atoms with Crippen LogP contribution in [-0.2, 0) is 9.53 Å². The van der Waals surface area contributed by atoms with Crippen molar-refractivity contribution in [1.29, 1.82) is 0 Å². The lowest BCUT2D eigenvalue weighted by Gasteiger charge is -2.30. The van der Waals surface area contributed by atoms with Crippen molar-refractivity contribution in [2.75, 3.05) is 32.8 Å². The molecule has 0 aromatic heterocycles. The van der Waals surface area contributed by atoms with Crippen LogP contribution in [0.3, 0.4) is 0 Å². The van der Waals surface area contributed by atoms with Crippen LogP contribution in [0.25, 0.3) is 0 Å². The summed E-state index contributed by atoms with van der Waals surface area (Å²) >= 11 is 0. The summed E-state index contributed by atoms with van der Waals surface area (Å²) in [6.45, 7) is 2.01. The maximum atomic E-state index is 12.4. The Balaban J connectivity index is 2.61. The van der Waals surface area contributed by atoms with Gasteiger partial charge in [-0.3, -0.25) is 4.90 Å². The van der Waals surface area contributed by atoms with Gasteiger partial charge in [-0.25, -0.2) is 0 Å². The lowest BCUT2D eigenvalue weighted by Crippen LogP contribution is -2.44. The van der Waals surface area contributed by atoms with Gasteiger partial charge in [0.15, 0.2) is 0 Å². The molecule has 3 nitrogen and oxygen atoms in total. The monoisotopic (exact) mass is 253 g/mol. The Hall–Kier alpha value is -0.620. The molecule has 1 aliphatic heterocycles. The lowest BCUT2D eigenvalue weighted by molar-refractivity contribution is -0.150. The maximum Gasteiger partial charge on any atom is 0.401 e. The van der Waals surface area contributed by atoms with E-state index in [2.05, 4.69) is 0 Å².